The summed E-state index contributed by atoms with van der Waals surface area (Å²) in [4.78, 5) is 10.6. The predicted octanol–water partition coefficient (Wildman–Crippen LogP) is 1.58. The Bertz CT molecular complexity index is 357. The van der Waals surface area contributed by atoms with Crippen molar-refractivity contribution < 1.29 is 0 Å². The third-order valence-corrected chi connectivity index (χ3v) is 2.83. The average Bonchev–Trinajstić information content (AvgIpc) is 2.30. The molecule has 4 nitrogen and oxygen atoms in total. The molecule has 1 aromatic heterocycles. The summed E-state index contributed by atoms with van der Waals surface area (Å²) in [5.74, 6) is 1.56. The zero-order valence-electron chi connectivity index (χ0n) is 8.85. The highest BCUT2D eigenvalue weighted by molar-refractivity contribution is 5.33. The smallest absolute Gasteiger partial charge is 0.225 e. The number of anilines is 1. The number of nitriles is 1. The van der Waals surface area contributed by atoms with Gasteiger partial charge >= 0.3 is 0 Å². The van der Waals surface area contributed by atoms with Crippen LogP contribution < -0.4 is 4.90 Å². The van der Waals surface area contributed by atoms with E-state index in [1.54, 1.807) is 12.4 Å². The molecule has 2 heterocycles. The van der Waals surface area contributed by atoms with E-state index in [9.17, 15) is 0 Å². The van der Waals surface area contributed by atoms with Crippen LogP contribution in [0, 0.1) is 17.2 Å². The van der Waals surface area contributed by atoms with Gasteiger partial charge in [-0.2, -0.15) is 5.26 Å². The summed E-state index contributed by atoms with van der Waals surface area (Å²) in [7, 11) is 0. The molecular weight excluding hydrogens is 188 g/mol. The quantitative estimate of drug-likeness (QED) is 0.693. The summed E-state index contributed by atoms with van der Waals surface area (Å²) in [6.45, 7) is 4.32. The molecule has 2 rings (SSSR count). The Hall–Kier alpha value is -1.63. The molecular formula is C11H14N4. The van der Waals surface area contributed by atoms with Gasteiger partial charge in [-0.05, 0) is 18.8 Å². The van der Waals surface area contributed by atoms with Gasteiger partial charge in [0.05, 0.1) is 18.0 Å². The van der Waals surface area contributed by atoms with Crippen molar-refractivity contribution in [1.29, 1.82) is 5.26 Å². The van der Waals surface area contributed by atoms with Crippen molar-refractivity contribution in [2.75, 3.05) is 18.0 Å². The molecule has 1 aromatic rings. The third-order valence-electron chi connectivity index (χ3n) is 2.83. The van der Waals surface area contributed by atoms with E-state index < -0.39 is 0 Å². The van der Waals surface area contributed by atoms with Gasteiger partial charge < -0.3 is 4.90 Å². The lowest BCUT2D eigenvalue weighted by Gasteiger charge is -2.30. The number of hydrogen-bond acceptors (Lipinski definition) is 4. The highest BCUT2D eigenvalue weighted by Crippen LogP contribution is 2.19. The van der Waals surface area contributed by atoms with Crippen LogP contribution in [0.4, 0.5) is 5.95 Å². The lowest BCUT2D eigenvalue weighted by atomic mass is 10.00. The van der Waals surface area contributed by atoms with Gasteiger partial charge in [0.1, 0.15) is 6.07 Å². The third kappa shape index (κ3) is 2.24. The molecule has 0 radical (unpaired) electrons. The molecule has 1 aliphatic heterocycles. The van der Waals surface area contributed by atoms with Gasteiger partial charge in [-0.25, -0.2) is 9.97 Å². The number of piperidine rings is 1. The zero-order chi connectivity index (χ0) is 10.7. The van der Waals surface area contributed by atoms with Crippen LogP contribution in [-0.4, -0.2) is 23.1 Å². The molecule has 0 aromatic carbocycles. The fourth-order valence-electron chi connectivity index (χ4n) is 1.75. The van der Waals surface area contributed by atoms with Crippen LogP contribution in [0.5, 0.6) is 0 Å². The van der Waals surface area contributed by atoms with Crippen molar-refractivity contribution in [1.82, 2.24) is 9.97 Å². The summed E-state index contributed by atoms with van der Waals surface area (Å²) in [6, 6.07) is 2.02. The Morgan fingerprint density at radius 2 is 1.93 bits per heavy atom. The normalized spacial score (nSPS) is 17.5. The van der Waals surface area contributed by atoms with Gasteiger partial charge in [0.25, 0.3) is 0 Å². The van der Waals surface area contributed by atoms with Crippen LogP contribution in [0.3, 0.4) is 0 Å². The summed E-state index contributed by atoms with van der Waals surface area (Å²) in [5, 5.41) is 8.63. The summed E-state index contributed by atoms with van der Waals surface area (Å²) >= 11 is 0. The zero-order valence-corrected chi connectivity index (χ0v) is 8.85. The van der Waals surface area contributed by atoms with Crippen LogP contribution >= 0.6 is 0 Å². The number of nitrogens with zero attached hydrogens (tertiary/aromatic N) is 4. The molecule has 0 amide bonds. The molecule has 0 saturated carbocycles. The van der Waals surface area contributed by atoms with E-state index >= 15 is 0 Å². The molecule has 1 fully saturated rings. The lowest BCUT2D eigenvalue weighted by Crippen LogP contribution is -2.34. The fraction of sp³-hybridized carbons (Fsp3) is 0.545. The first-order valence-electron chi connectivity index (χ1n) is 5.26. The molecule has 0 bridgehead atoms. The van der Waals surface area contributed by atoms with E-state index in [0.29, 0.717) is 5.56 Å². The van der Waals surface area contributed by atoms with E-state index in [-0.39, 0.29) is 0 Å². The van der Waals surface area contributed by atoms with E-state index in [2.05, 4.69) is 21.8 Å². The maximum atomic E-state index is 8.63. The molecule has 0 unspecified atom stereocenters. The maximum Gasteiger partial charge on any atom is 0.225 e. The first kappa shape index (κ1) is 9.91. The van der Waals surface area contributed by atoms with E-state index in [1.807, 2.05) is 6.07 Å². The van der Waals surface area contributed by atoms with Gasteiger partial charge in [0.15, 0.2) is 0 Å². The van der Waals surface area contributed by atoms with Crippen LogP contribution in [0.2, 0.25) is 0 Å². The number of hydrogen-bond donors (Lipinski definition) is 0. The van der Waals surface area contributed by atoms with Crippen LogP contribution in [0.1, 0.15) is 25.3 Å². The molecule has 0 aliphatic carbocycles. The maximum absolute atomic E-state index is 8.63. The van der Waals surface area contributed by atoms with Crippen LogP contribution in [-0.2, 0) is 0 Å². The number of rotatable bonds is 1. The molecule has 15 heavy (non-hydrogen) atoms. The number of aromatic nitrogens is 2. The molecule has 1 aliphatic rings. The molecule has 0 N–H and O–H groups in total. The minimum absolute atomic E-state index is 0.518. The average molecular weight is 202 g/mol. The molecule has 0 atom stereocenters. The molecule has 0 spiro atoms. The summed E-state index contributed by atoms with van der Waals surface area (Å²) in [5.41, 5.74) is 0.518. The highest BCUT2D eigenvalue weighted by Gasteiger charge is 2.17. The molecule has 1 saturated heterocycles. The van der Waals surface area contributed by atoms with Crippen molar-refractivity contribution in [3.63, 3.8) is 0 Å². The fourth-order valence-corrected chi connectivity index (χ4v) is 1.75. The highest BCUT2D eigenvalue weighted by atomic mass is 15.2. The second kappa shape index (κ2) is 4.26. The lowest BCUT2D eigenvalue weighted by molar-refractivity contribution is 0.434. The minimum Gasteiger partial charge on any atom is -0.341 e. The topological polar surface area (TPSA) is 52.8 Å². The molecule has 78 valence electrons. The van der Waals surface area contributed by atoms with Gasteiger partial charge in [-0.3, -0.25) is 0 Å². The Kier molecular flexibility index (Phi) is 2.82. The minimum atomic E-state index is 0.518. The predicted molar refractivity (Wildman–Crippen MR) is 57.4 cm³/mol. The van der Waals surface area contributed by atoms with Crippen molar-refractivity contribution in [3.8, 4) is 6.07 Å². The second-order valence-electron chi connectivity index (χ2n) is 4.05. The Labute approximate surface area is 89.6 Å². The van der Waals surface area contributed by atoms with Crippen molar-refractivity contribution in [3.05, 3.63) is 18.0 Å². The van der Waals surface area contributed by atoms with Crippen molar-refractivity contribution in [2.45, 2.75) is 19.8 Å². The van der Waals surface area contributed by atoms with Gasteiger partial charge in [0.2, 0.25) is 5.95 Å². The largest absolute Gasteiger partial charge is 0.341 e. The van der Waals surface area contributed by atoms with Crippen LogP contribution in [0.15, 0.2) is 12.4 Å². The standard InChI is InChI=1S/C11H14N4/c1-9-2-4-15(5-3-9)11-13-7-10(6-12)8-14-11/h7-9H,2-5H2,1H3. The summed E-state index contributed by atoms with van der Waals surface area (Å²) < 4.78 is 0. The van der Waals surface area contributed by atoms with Crippen molar-refractivity contribution in [2.24, 2.45) is 5.92 Å². The van der Waals surface area contributed by atoms with Gasteiger partial charge in [0, 0.05) is 13.1 Å². The van der Waals surface area contributed by atoms with E-state index in [1.165, 1.54) is 12.8 Å². The first-order valence-corrected chi connectivity index (χ1v) is 5.26. The van der Waals surface area contributed by atoms with Gasteiger partial charge in [-0.15, -0.1) is 0 Å². The Morgan fingerprint density at radius 3 is 2.47 bits per heavy atom. The Morgan fingerprint density at radius 1 is 1.33 bits per heavy atom. The summed E-state index contributed by atoms with van der Waals surface area (Å²) in [6.07, 6.45) is 5.56. The van der Waals surface area contributed by atoms with E-state index in [4.69, 9.17) is 5.26 Å². The second-order valence-corrected chi connectivity index (χ2v) is 4.05. The van der Waals surface area contributed by atoms with Gasteiger partial charge in [-0.1, -0.05) is 6.92 Å². The van der Waals surface area contributed by atoms with Crippen molar-refractivity contribution >= 4 is 5.95 Å². The SMILES string of the molecule is CC1CCN(c2ncc(C#N)cn2)CC1. The molecule has 4 heteroatoms. The monoisotopic (exact) mass is 202 g/mol. The van der Waals surface area contributed by atoms with Crippen LogP contribution in [0.25, 0.3) is 0 Å². The van der Waals surface area contributed by atoms with E-state index in [0.717, 1.165) is 25.0 Å². The first-order chi connectivity index (χ1) is 7.29. The Balaban J connectivity index is 2.07.